The van der Waals surface area contributed by atoms with E-state index in [1.54, 1.807) is 30.9 Å². The fourth-order valence-electron chi connectivity index (χ4n) is 2.36. The molecule has 1 aliphatic rings. The van der Waals surface area contributed by atoms with E-state index < -0.39 is 12.1 Å². The molecule has 0 aromatic carbocycles. The van der Waals surface area contributed by atoms with Crippen LogP contribution in [0.15, 0.2) is 18.1 Å². The van der Waals surface area contributed by atoms with Crippen LogP contribution in [0.1, 0.15) is 26.0 Å². The van der Waals surface area contributed by atoms with Crippen LogP contribution in [-0.4, -0.2) is 62.8 Å². The Morgan fingerprint density at radius 3 is 2.66 bits per heavy atom. The highest BCUT2D eigenvalue weighted by molar-refractivity contribution is 8.14. The van der Waals surface area contributed by atoms with Crippen LogP contribution in [0.25, 0.3) is 6.08 Å². The molecule has 1 saturated heterocycles. The molecule has 0 radical (unpaired) electrons. The second-order valence-corrected chi connectivity index (χ2v) is 7.22. The van der Waals surface area contributed by atoms with Crippen molar-refractivity contribution in [2.45, 2.75) is 38.2 Å². The van der Waals surface area contributed by atoms with E-state index in [1.165, 1.54) is 11.8 Å². The standard InChI is InChI=1S/C15H21N3O3S.C2HF3O2/c1-3-21-15(20)9-18-10-17-8-13(18)6-12-7-16-5-4-14(12)22-11(2)19;3-2(4,5)1(6)7/h6,8,10,14,16H,3-5,7,9H2,1-2H3;(H,6,7)/b12-6+;. The van der Waals surface area contributed by atoms with Gasteiger partial charge in [-0.1, -0.05) is 11.8 Å². The van der Waals surface area contributed by atoms with E-state index in [-0.39, 0.29) is 22.9 Å². The maximum absolute atomic E-state index is 11.6. The van der Waals surface area contributed by atoms with Gasteiger partial charge in [0.2, 0.25) is 0 Å². The lowest BCUT2D eigenvalue weighted by Gasteiger charge is -2.25. The van der Waals surface area contributed by atoms with E-state index >= 15 is 0 Å². The topological polar surface area (TPSA) is 111 Å². The molecule has 0 amide bonds. The van der Waals surface area contributed by atoms with Gasteiger partial charge in [-0.15, -0.1) is 0 Å². The Morgan fingerprint density at radius 2 is 2.10 bits per heavy atom. The van der Waals surface area contributed by atoms with Crippen molar-refractivity contribution in [2.24, 2.45) is 0 Å². The first-order chi connectivity index (χ1) is 13.5. The van der Waals surface area contributed by atoms with Crippen molar-refractivity contribution in [2.75, 3.05) is 19.7 Å². The van der Waals surface area contributed by atoms with Gasteiger partial charge in [0.15, 0.2) is 5.12 Å². The Labute approximate surface area is 169 Å². The summed E-state index contributed by atoms with van der Waals surface area (Å²) in [6.07, 6.45) is 1.18. The number of nitrogens with zero attached hydrogens (tertiary/aromatic N) is 2. The smallest absolute Gasteiger partial charge is 0.475 e. The zero-order valence-corrected chi connectivity index (χ0v) is 16.7. The predicted molar refractivity (Wildman–Crippen MR) is 100 cm³/mol. The van der Waals surface area contributed by atoms with Crippen LogP contribution >= 0.6 is 11.8 Å². The van der Waals surface area contributed by atoms with Crippen molar-refractivity contribution >= 4 is 34.9 Å². The average Bonchev–Trinajstić information content (AvgIpc) is 3.03. The molecule has 29 heavy (non-hydrogen) atoms. The van der Waals surface area contributed by atoms with Gasteiger partial charge >= 0.3 is 18.1 Å². The number of thioether (sulfide) groups is 1. The van der Waals surface area contributed by atoms with Crippen LogP contribution in [-0.2, 0) is 25.7 Å². The number of imidazole rings is 1. The van der Waals surface area contributed by atoms with Crippen LogP contribution in [0.2, 0.25) is 0 Å². The number of aromatic nitrogens is 2. The second-order valence-electron chi connectivity index (χ2n) is 5.84. The number of carbonyl (C=O) groups excluding carboxylic acids is 2. The van der Waals surface area contributed by atoms with Crippen molar-refractivity contribution in [1.82, 2.24) is 14.9 Å². The summed E-state index contributed by atoms with van der Waals surface area (Å²) < 4.78 is 38.5. The Kier molecular flexibility index (Phi) is 9.89. The highest BCUT2D eigenvalue weighted by Crippen LogP contribution is 2.27. The summed E-state index contributed by atoms with van der Waals surface area (Å²) in [6.45, 7) is 5.54. The molecule has 12 heteroatoms. The molecule has 1 fully saturated rings. The molecule has 1 aromatic rings. The van der Waals surface area contributed by atoms with Crippen LogP contribution < -0.4 is 5.32 Å². The van der Waals surface area contributed by atoms with Crippen molar-refractivity contribution in [3.05, 3.63) is 23.8 Å². The number of carboxylic acid groups (broad SMARTS) is 1. The Morgan fingerprint density at radius 1 is 1.45 bits per heavy atom. The minimum atomic E-state index is -5.08. The van der Waals surface area contributed by atoms with E-state index in [0.29, 0.717) is 6.61 Å². The summed E-state index contributed by atoms with van der Waals surface area (Å²) in [5, 5.41) is 10.7. The summed E-state index contributed by atoms with van der Waals surface area (Å²) >= 11 is 1.36. The first-order valence-corrected chi connectivity index (χ1v) is 9.46. The summed E-state index contributed by atoms with van der Waals surface area (Å²) in [6, 6.07) is 0. The molecule has 1 atom stereocenters. The summed E-state index contributed by atoms with van der Waals surface area (Å²) in [5.74, 6) is -3.04. The van der Waals surface area contributed by atoms with Gasteiger partial charge in [0.1, 0.15) is 6.54 Å². The van der Waals surface area contributed by atoms with Gasteiger partial charge in [0.25, 0.3) is 0 Å². The zero-order valence-electron chi connectivity index (χ0n) is 15.9. The van der Waals surface area contributed by atoms with Crippen LogP contribution in [0.3, 0.4) is 0 Å². The zero-order chi connectivity index (χ0) is 22.0. The largest absolute Gasteiger partial charge is 0.490 e. The number of hydrogen-bond acceptors (Lipinski definition) is 7. The first kappa shape index (κ1) is 24.7. The highest BCUT2D eigenvalue weighted by atomic mass is 32.2. The molecular weight excluding hydrogens is 415 g/mol. The van der Waals surface area contributed by atoms with E-state index in [9.17, 15) is 22.8 Å². The number of esters is 1. The number of carboxylic acids is 1. The number of hydrogen-bond donors (Lipinski definition) is 2. The quantitative estimate of drug-likeness (QED) is 0.674. The number of alkyl halides is 3. The van der Waals surface area contributed by atoms with Gasteiger partial charge in [-0.25, -0.2) is 9.78 Å². The number of rotatable bonds is 5. The SMILES string of the molecule is CCOC(=O)Cn1cncc1/C=C1\CNCCC1SC(C)=O.O=C(O)C(F)(F)F. The molecule has 0 saturated carbocycles. The predicted octanol–water partition coefficient (Wildman–Crippen LogP) is 2.10. The number of aliphatic carboxylic acids is 1. The molecule has 0 spiro atoms. The van der Waals surface area contributed by atoms with Crippen molar-refractivity contribution in [3.63, 3.8) is 0 Å². The van der Waals surface area contributed by atoms with Crippen molar-refractivity contribution < 1.29 is 37.4 Å². The van der Waals surface area contributed by atoms with Gasteiger partial charge in [0.05, 0.1) is 24.8 Å². The minimum absolute atomic E-state index is 0.123. The number of carbonyl (C=O) groups is 3. The van der Waals surface area contributed by atoms with E-state index in [4.69, 9.17) is 14.6 Å². The van der Waals surface area contributed by atoms with Gasteiger partial charge in [-0.3, -0.25) is 9.59 Å². The third-order valence-corrected chi connectivity index (χ3v) is 4.71. The maximum atomic E-state index is 11.6. The van der Waals surface area contributed by atoms with Gasteiger partial charge in [-0.2, -0.15) is 13.2 Å². The summed E-state index contributed by atoms with van der Waals surface area (Å²) in [4.78, 5) is 36.0. The lowest BCUT2D eigenvalue weighted by atomic mass is 10.0. The lowest BCUT2D eigenvalue weighted by molar-refractivity contribution is -0.192. The lowest BCUT2D eigenvalue weighted by Crippen LogP contribution is -2.32. The second kappa shape index (κ2) is 11.6. The molecule has 2 N–H and O–H groups in total. The number of piperidine rings is 1. The van der Waals surface area contributed by atoms with Gasteiger partial charge in [-0.05, 0) is 31.5 Å². The molecule has 1 aliphatic heterocycles. The first-order valence-electron chi connectivity index (χ1n) is 8.58. The van der Waals surface area contributed by atoms with Gasteiger partial charge < -0.3 is 19.7 Å². The summed E-state index contributed by atoms with van der Waals surface area (Å²) in [5.41, 5.74) is 2.00. The number of ether oxygens (including phenoxy) is 1. The van der Waals surface area contributed by atoms with Crippen LogP contribution in [0.4, 0.5) is 13.2 Å². The monoisotopic (exact) mass is 437 g/mol. The van der Waals surface area contributed by atoms with E-state index in [1.807, 2.05) is 6.08 Å². The number of nitrogens with one attached hydrogen (secondary N) is 1. The van der Waals surface area contributed by atoms with Crippen molar-refractivity contribution in [1.29, 1.82) is 0 Å². The third-order valence-electron chi connectivity index (χ3n) is 3.56. The van der Waals surface area contributed by atoms with E-state index in [2.05, 4.69) is 10.3 Å². The van der Waals surface area contributed by atoms with E-state index in [0.717, 1.165) is 30.8 Å². The molecule has 1 unspecified atom stereocenters. The fourth-order valence-corrected chi connectivity index (χ4v) is 3.30. The molecule has 2 heterocycles. The fraction of sp³-hybridized carbons (Fsp3) is 0.529. The molecule has 0 aliphatic carbocycles. The average molecular weight is 437 g/mol. The molecular formula is C17H22F3N3O5S. The Balaban J connectivity index is 0.000000516. The Bertz CT molecular complexity index is 749. The molecule has 8 nitrogen and oxygen atoms in total. The molecule has 162 valence electrons. The van der Waals surface area contributed by atoms with Crippen molar-refractivity contribution in [3.8, 4) is 0 Å². The van der Waals surface area contributed by atoms with Crippen LogP contribution in [0.5, 0.6) is 0 Å². The van der Waals surface area contributed by atoms with Crippen LogP contribution in [0, 0.1) is 0 Å². The number of halogens is 3. The normalized spacial score (nSPS) is 18.0. The summed E-state index contributed by atoms with van der Waals surface area (Å²) in [7, 11) is 0. The minimum Gasteiger partial charge on any atom is -0.475 e. The molecule has 0 bridgehead atoms. The Hall–Kier alpha value is -2.34. The molecule has 2 rings (SSSR count). The maximum Gasteiger partial charge on any atom is 0.490 e. The third kappa shape index (κ3) is 9.13. The highest BCUT2D eigenvalue weighted by Gasteiger charge is 2.38. The molecule has 1 aromatic heterocycles. The van der Waals surface area contributed by atoms with Gasteiger partial charge in [0, 0.05) is 18.7 Å².